The molecule has 0 aromatic carbocycles. The van der Waals surface area contributed by atoms with Crippen LogP contribution in [0.3, 0.4) is 0 Å². The van der Waals surface area contributed by atoms with Crippen molar-refractivity contribution in [3.8, 4) is 0 Å². The molecule has 0 radical (unpaired) electrons. The molecule has 0 saturated carbocycles. The van der Waals surface area contributed by atoms with Gasteiger partial charge in [0.15, 0.2) is 0 Å². The zero-order valence-corrected chi connectivity index (χ0v) is 10.8. The molecule has 86 valence electrons. The standard InChI is InChI=1S/C12H22N2S/c1-11(2)13-9-12-5-7-14(10-12)6-4-8-15-3/h5,7,10-11,13H,4,6,8-9H2,1-3H3. The lowest BCUT2D eigenvalue weighted by Gasteiger charge is -2.06. The van der Waals surface area contributed by atoms with Crippen molar-refractivity contribution in [2.24, 2.45) is 0 Å². The summed E-state index contributed by atoms with van der Waals surface area (Å²) in [4.78, 5) is 0. The summed E-state index contributed by atoms with van der Waals surface area (Å²) >= 11 is 1.92. The van der Waals surface area contributed by atoms with Gasteiger partial charge in [-0.2, -0.15) is 11.8 Å². The predicted octanol–water partition coefficient (Wildman–Crippen LogP) is 2.74. The van der Waals surface area contributed by atoms with Gasteiger partial charge in [-0.1, -0.05) is 13.8 Å². The van der Waals surface area contributed by atoms with Crippen LogP contribution < -0.4 is 5.32 Å². The van der Waals surface area contributed by atoms with Crippen molar-refractivity contribution in [3.05, 3.63) is 24.0 Å². The van der Waals surface area contributed by atoms with Crippen LogP contribution in [0.1, 0.15) is 25.8 Å². The molecule has 0 amide bonds. The van der Waals surface area contributed by atoms with Crippen molar-refractivity contribution < 1.29 is 0 Å². The number of rotatable bonds is 7. The summed E-state index contributed by atoms with van der Waals surface area (Å²) in [5, 5.41) is 3.42. The Bertz CT molecular complexity index is 268. The van der Waals surface area contributed by atoms with E-state index < -0.39 is 0 Å². The average molecular weight is 226 g/mol. The minimum absolute atomic E-state index is 0.560. The van der Waals surface area contributed by atoms with Gasteiger partial charge >= 0.3 is 0 Å². The van der Waals surface area contributed by atoms with E-state index in [-0.39, 0.29) is 0 Å². The van der Waals surface area contributed by atoms with E-state index in [0.29, 0.717) is 6.04 Å². The highest BCUT2D eigenvalue weighted by atomic mass is 32.2. The number of nitrogens with one attached hydrogen (secondary N) is 1. The van der Waals surface area contributed by atoms with Gasteiger partial charge in [0.05, 0.1) is 0 Å². The van der Waals surface area contributed by atoms with Crippen LogP contribution in [-0.2, 0) is 13.1 Å². The van der Waals surface area contributed by atoms with Crippen LogP contribution in [0.25, 0.3) is 0 Å². The molecule has 0 bridgehead atoms. The molecule has 15 heavy (non-hydrogen) atoms. The number of nitrogens with zero attached hydrogens (tertiary/aromatic N) is 1. The SMILES string of the molecule is CSCCCn1ccc(CNC(C)C)c1. The van der Waals surface area contributed by atoms with Crippen molar-refractivity contribution in [2.45, 2.75) is 39.4 Å². The first-order chi connectivity index (χ1) is 7.22. The topological polar surface area (TPSA) is 17.0 Å². The summed E-state index contributed by atoms with van der Waals surface area (Å²) < 4.78 is 2.29. The molecule has 3 heteroatoms. The normalized spacial score (nSPS) is 11.2. The van der Waals surface area contributed by atoms with Gasteiger partial charge in [0.25, 0.3) is 0 Å². The van der Waals surface area contributed by atoms with Gasteiger partial charge in [-0.05, 0) is 30.1 Å². The van der Waals surface area contributed by atoms with Gasteiger partial charge in [0.2, 0.25) is 0 Å². The second-order valence-corrected chi connectivity index (χ2v) is 5.13. The second kappa shape index (κ2) is 6.96. The number of thioether (sulfide) groups is 1. The predicted molar refractivity (Wildman–Crippen MR) is 69.4 cm³/mol. The summed E-state index contributed by atoms with van der Waals surface area (Å²) in [6.07, 6.45) is 7.84. The van der Waals surface area contributed by atoms with Crippen LogP contribution in [0.2, 0.25) is 0 Å². The van der Waals surface area contributed by atoms with E-state index in [0.717, 1.165) is 13.1 Å². The number of aryl methyl sites for hydroxylation is 1. The van der Waals surface area contributed by atoms with E-state index in [4.69, 9.17) is 0 Å². The Kier molecular flexibility index (Phi) is 5.88. The summed E-state index contributed by atoms with van der Waals surface area (Å²) in [6, 6.07) is 2.76. The smallest absolute Gasteiger partial charge is 0.0227 e. The Morgan fingerprint density at radius 3 is 2.93 bits per heavy atom. The number of aromatic nitrogens is 1. The summed E-state index contributed by atoms with van der Waals surface area (Å²) in [6.45, 7) is 6.47. The minimum Gasteiger partial charge on any atom is -0.354 e. The van der Waals surface area contributed by atoms with Gasteiger partial charge in [-0.3, -0.25) is 0 Å². The monoisotopic (exact) mass is 226 g/mol. The quantitative estimate of drug-likeness (QED) is 0.720. The van der Waals surface area contributed by atoms with E-state index in [1.165, 1.54) is 17.7 Å². The Morgan fingerprint density at radius 1 is 1.47 bits per heavy atom. The second-order valence-electron chi connectivity index (χ2n) is 4.14. The molecular weight excluding hydrogens is 204 g/mol. The molecule has 0 aliphatic carbocycles. The molecule has 2 nitrogen and oxygen atoms in total. The van der Waals surface area contributed by atoms with E-state index in [2.05, 4.69) is 48.4 Å². The first kappa shape index (κ1) is 12.7. The fourth-order valence-electron chi connectivity index (χ4n) is 1.45. The average Bonchev–Trinajstić information content (AvgIpc) is 2.63. The zero-order chi connectivity index (χ0) is 11.1. The third-order valence-electron chi connectivity index (χ3n) is 2.29. The Hall–Kier alpha value is -0.410. The van der Waals surface area contributed by atoms with Gasteiger partial charge in [-0.25, -0.2) is 0 Å². The van der Waals surface area contributed by atoms with Gasteiger partial charge in [0, 0.05) is 31.5 Å². The lowest BCUT2D eigenvalue weighted by atomic mass is 10.3. The molecule has 1 rings (SSSR count). The number of hydrogen-bond acceptors (Lipinski definition) is 2. The van der Waals surface area contributed by atoms with Crippen LogP contribution in [-0.4, -0.2) is 22.6 Å². The molecule has 1 aromatic heterocycles. The molecule has 0 aliphatic heterocycles. The summed E-state index contributed by atoms with van der Waals surface area (Å²) in [5.74, 6) is 1.25. The third kappa shape index (κ3) is 5.28. The third-order valence-corrected chi connectivity index (χ3v) is 2.99. The van der Waals surface area contributed by atoms with Crippen LogP contribution in [0, 0.1) is 0 Å². The molecule has 0 unspecified atom stereocenters. The molecule has 1 N–H and O–H groups in total. The zero-order valence-electron chi connectivity index (χ0n) is 9.99. The lowest BCUT2D eigenvalue weighted by Crippen LogP contribution is -2.21. The Labute approximate surface area is 97.4 Å². The van der Waals surface area contributed by atoms with Crippen molar-refractivity contribution >= 4 is 11.8 Å². The van der Waals surface area contributed by atoms with Crippen LogP contribution in [0.5, 0.6) is 0 Å². The molecule has 1 heterocycles. The van der Waals surface area contributed by atoms with Crippen molar-refractivity contribution in [2.75, 3.05) is 12.0 Å². The van der Waals surface area contributed by atoms with E-state index >= 15 is 0 Å². The molecule has 1 aromatic rings. The number of hydrogen-bond donors (Lipinski definition) is 1. The lowest BCUT2D eigenvalue weighted by molar-refractivity contribution is 0.587. The fraction of sp³-hybridized carbons (Fsp3) is 0.667. The molecule has 0 saturated heterocycles. The minimum atomic E-state index is 0.560. The highest BCUT2D eigenvalue weighted by Gasteiger charge is 1.98. The van der Waals surface area contributed by atoms with E-state index in [1.807, 2.05) is 11.8 Å². The Balaban J connectivity index is 2.29. The maximum absolute atomic E-state index is 3.42. The first-order valence-electron chi connectivity index (χ1n) is 5.59. The molecule has 0 fully saturated rings. The maximum atomic E-state index is 3.42. The van der Waals surface area contributed by atoms with Gasteiger partial charge < -0.3 is 9.88 Å². The summed E-state index contributed by atoms with van der Waals surface area (Å²) in [5.41, 5.74) is 1.38. The highest BCUT2D eigenvalue weighted by Crippen LogP contribution is 2.04. The van der Waals surface area contributed by atoms with E-state index in [9.17, 15) is 0 Å². The van der Waals surface area contributed by atoms with Crippen LogP contribution in [0.15, 0.2) is 18.5 Å². The van der Waals surface area contributed by atoms with Crippen LogP contribution in [0.4, 0.5) is 0 Å². The molecule has 0 spiro atoms. The van der Waals surface area contributed by atoms with Crippen molar-refractivity contribution in [1.82, 2.24) is 9.88 Å². The fourth-order valence-corrected chi connectivity index (χ4v) is 1.87. The van der Waals surface area contributed by atoms with Crippen molar-refractivity contribution in [1.29, 1.82) is 0 Å². The van der Waals surface area contributed by atoms with Gasteiger partial charge in [-0.15, -0.1) is 0 Å². The molecule has 0 aliphatic rings. The molecular formula is C12H22N2S. The van der Waals surface area contributed by atoms with E-state index in [1.54, 1.807) is 0 Å². The van der Waals surface area contributed by atoms with Gasteiger partial charge in [0.1, 0.15) is 0 Å². The maximum Gasteiger partial charge on any atom is 0.0227 e. The Morgan fingerprint density at radius 2 is 2.27 bits per heavy atom. The first-order valence-corrected chi connectivity index (χ1v) is 6.98. The largest absolute Gasteiger partial charge is 0.354 e. The highest BCUT2D eigenvalue weighted by molar-refractivity contribution is 7.98. The van der Waals surface area contributed by atoms with Crippen LogP contribution >= 0.6 is 11.8 Å². The summed E-state index contributed by atoms with van der Waals surface area (Å²) in [7, 11) is 0. The van der Waals surface area contributed by atoms with Crippen molar-refractivity contribution in [3.63, 3.8) is 0 Å². The molecule has 0 atom stereocenters.